The number of nitrogens with one attached hydrogen (secondary N) is 1. The van der Waals surface area contributed by atoms with E-state index in [4.69, 9.17) is 25.5 Å². The molecule has 1 amide bonds. The van der Waals surface area contributed by atoms with Crippen molar-refractivity contribution in [2.24, 2.45) is 0 Å². The fraction of sp³-hybridized carbons (Fsp3) is 0.105. The fourth-order valence-electron chi connectivity index (χ4n) is 2.55. The van der Waals surface area contributed by atoms with Crippen LogP contribution in [0.15, 0.2) is 59.0 Å². The maximum atomic E-state index is 12.3. The Hall–Kier alpha value is -2.92. The molecule has 5 nitrogen and oxygen atoms in total. The third-order valence-electron chi connectivity index (χ3n) is 3.85. The van der Waals surface area contributed by atoms with Gasteiger partial charge in [0.05, 0.1) is 6.54 Å². The molecule has 3 aromatic rings. The van der Waals surface area contributed by atoms with Crippen LogP contribution in [-0.2, 0) is 6.54 Å². The van der Waals surface area contributed by atoms with Gasteiger partial charge >= 0.3 is 0 Å². The van der Waals surface area contributed by atoms with E-state index in [1.165, 1.54) is 0 Å². The van der Waals surface area contributed by atoms with Crippen LogP contribution in [0.3, 0.4) is 0 Å². The Morgan fingerprint density at radius 2 is 1.80 bits per heavy atom. The first-order chi connectivity index (χ1) is 12.2. The van der Waals surface area contributed by atoms with Gasteiger partial charge in [-0.1, -0.05) is 11.6 Å². The van der Waals surface area contributed by atoms with Crippen LogP contribution in [0.1, 0.15) is 16.1 Å². The molecular weight excluding hydrogens is 342 g/mol. The van der Waals surface area contributed by atoms with E-state index in [-0.39, 0.29) is 12.7 Å². The Bertz CT molecular complexity index is 917. The van der Waals surface area contributed by atoms with E-state index in [2.05, 4.69) is 5.32 Å². The average molecular weight is 356 g/mol. The van der Waals surface area contributed by atoms with Crippen molar-refractivity contribution >= 4 is 17.5 Å². The Morgan fingerprint density at radius 1 is 1.00 bits per heavy atom. The minimum atomic E-state index is -0.206. The van der Waals surface area contributed by atoms with E-state index in [1.807, 2.05) is 24.3 Å². The van der Waals surface area contributed by atoms with Gasteiger partial charge in [0.2, 0.25) is 6.79 Å². The van der Waals surface area contributed by atoms with Gasteiger partial charge in [0.25, 0.3) is 5.91 Å². The molecule has 4 rings (SSSR count). The monoisotopic (exact) mass is 355 g/mol. The van der Waals surface area contributed by atoms with Gasteiger partial charge in [0.1, 0.15) is 11.5 Å². The van der Waals surface area contributed by atoms with Crippen molar-refractivity contribution in [3.8, 4) is 22.8 Å². The number of carbonyl (C=O) groups excluding carboxylic acids is 1. The molecule has 0 radical (unpaired) electrons. The van der Waals surface area contributed by atoms with E-state index in [0.29, 0.717) is 34.4 Å². The summed E-state index contributed by atoms with van der Waals surface area (Å²) >= 11 is 5.89. The van der Waals surface area contributed by atoms with E-state index in [9.17, 15) is 4.79 Å². The van der Waals surface area contributed by atoms with Gasteiger partial charge in [-0.05, 0) is 54.6 Å². The van der Waals surface area contributed by atoms with Crippen LogP contribution >= 0.6 is 11.6 Å². The number of halogens is 1. The molecule has 0 atom stereocenters. The molecule has 1 N–H and O–H groups in total. The zero-order valence-corrected chi connectivity index (χ0v) is 13.9. The molecule has 0 spiro atoms. The summed E-state index contributed by atoms with van der Waals surface area (Å²) in [4.78, 5) is 12.3. The number of carbonyl (C=O) groups is 1. The number of ether oxygens (including phenoxy) is 2. The number of hydrogen-bond donors (Lipinski definition) is 1. The standard InChI is InChI=1S/C19H14ClNO4/c20-14-4-1-12(2-5-14)16-8-6-15(25-16)10-21-19(22)13-3-7-17-18(9-13)24-11-23-17/h1-9H,10-11H2,(H,21,22). The second-order valence-corrected chi connectivity index (χ2v) is 5.96. The van der Waals surface area contributed by atoms with Crippen LogP contribution < -0.4 is 14.8 Å². The van der Waals surface area contributed by atoms with Crippen LogP contribution in [0.5, 0.6) is 11.5 Å². The number of fused-ring (bicyclic) bond motifs is 1. The largest absolute Gasteiger partial charge is 0.459 e. The summed E-state index contributed by atoms with van der Waals surface area (Å²) in [5.74, 6) is 2.41. The lowest BCUT2D eigenvalue weighted by molar-refractivity contribution is 0.0947. The van der Waals surface area contributed by atoms with Crippen molar-refractivity contribution in [2.45, 2.75) is 6.54 Å². The van der Waals surface area contributed by atoms with Gasteiger partial charge in [-0.3, -0.25) is 4.79 Å². The van der Waals surface area contributed by atoms with Crippen LogP contribution in [0.2, 0.25) is 5.02 Å². The maximum absolute atomic E-state index is 12.3. The fourth-order valence-corrected chi connectivity index (χ4v) is 2.68. The number of benzene rings is 2. The molecule has 0 aliphatic carbocycles. The number of amides is 1. The predicted octanol–water partition coefficient (Wildman–Crippen LogP) is 4.26. The van der Waals surface area contributed by atoms with Gasteiger partial charge < -0.3 is 19.2 Å². The topological polar surface area (TPSA) is 60.7 Å². The van der Waals surface area contributed by atoms with E-state index in [0.717, 1.165) is 11.3 Å². The van der Waals surface area contributed by atoms with Crippen molar-refractivity contribution in [3.63, 3.8) is 0 Å². The molecule has 2 heterocycles. The Kier molecular flexibility index (Phi) is 4.07. The number of hydrogen-bond acceptors (Lipinski definition) is 4. The number of rotatable bonds is 4. The second-order valence-electron chi connectivity index (χ2n) is 5.52. The summed E-state index contributed by atoms with van der Waals surface area (Å²) in [5.41, 5.74) is 1.44. The van der Waals surface area contributed by atoms with Crippen molar-refractivity contribution in [2.75, 3.05) is 6.79 Å². The zero-order valence-electron chi connectivity index (χ0n) is 13.1. The maximum Gasteiger partial charge on any atom is 0.251 e. The van der Waals surface area contributed by atoms with Gasteiger partial charge in [0.15, 0.2) is 11.5 Å². The smallest absolute Gasteiger partial charge is 0.251 e. The Balaban J connectivity index is 1.41. The molecule has 0 fully saturated rings. The normalized spacial score (nSPS) is 12.2. The molecule has 1 aromatic heterocycles. The minimum absolute atomic E-state index is 0.181. The third-order valence-corrected chi connectivity index (χ3v) is 4.10. The molecule has 25 heavy (non-hydrogen) atoms. The highest BCUT2D eigenvalue weighted by atomic mass is 35.5. The van der Waals surface area contributed by atoms with Gasteiger partial charge in [0, 0.05) is 16.1 Å². The molecule has 126 valence electrons. The minimum Gasteiger partial charge on any atom is -0.459 e. The van der Waals surface area contributed by atoms with Crippen LogP contribution in [0.25, 0.3) is 11.3 Å². The first-order valence-corrected chi connectivity index (χ1v) is 8.09. The van der Waals surface area contributed by atoms with Crippen molar-refractivity contribution < 1.29 is 18.7 Å². The summed E-state index contributed by atoms with van der Waals surface area (Å²) in [5, 5.41) is 3.50. The molecule has 0 saturated heterocycles. The molecule has 1 aliphatic rings. The predicted molar refractivity (Wildman–Crippen MR) is 92.9 cm³/mol. The SMILES string of the molecule is O=C(NCc1ccc(-c2ccc(Cl)cc2)o1)c1ccc2c(c1)OCO2. The highest BCUT2D eigenvalue weighted by molar-refractivity contribution is 6.30. The Morgan fingerprint density at radius 3 is 2.64 bits per heavy atom. The van der Waals surface area contributed by atoms with E-state index < -0.39 is 0 Å². The average Bonchev–Trinajstić information content (AvgIpc) is 3.29. The first kappa shape index (κ1) is 15.6. The van der Waals surface area contributed by atoms with Gasteiger partial charge in [-0.2, -0.15) is 0 Å². The molecule has 2 aromatic carbocycles. The van der Waals surface area contributed by atoms with Crippen LogP contribution in [0, 0.1) is 0 Å². The molecular formula is C19H14ClNO4. The van der Waals surface area contributed by atoms with E-state index >= 15 is 0 Å². The highest BCUT2D eigenvalue weighted by Gasteiger charge is 2.16. The molecule has 0 saturated carbocycles. The van der Waals surface area contributed by atoms with E-state index in [1.54, 1.807) is 30.3 Å². The molecule has 0 bridgehead atoms. The van der Waals surface area contributed by atoms with Crippen molar-refractivity contribution in [3.05, 3.63) is 70.9 Å². The van der Waals surface area contributed by atoms with Crippen LogP contribution in [-0.4, -0.2) is 12.7 Å². The Labute approximate surface area is 149 Å². The van der Waals surface area contributed by atoms with Crippen molar-refractivity contribution in [1.29, 1.82) is 0 Å². The highest BCUT2D eigenvalue weighted by Crippen LogP contribution is 2.32. The first-order valence-electron chi connectivity index (χ1n) is 7.71. The van der Waals surface area contributed by atoms with Gasteiger partial charge in [-0.25, -0.2) is 0 Å². The van der Waals surface area contributed by atoms with Gasteiger partial charge in [-0.15, -0.1) is 0 Å². The summed E-state index contributed by atoms with van der Waals surface area (Å²) < 4.78 is 16.3. The molecule has 0 unspecified atom stereocenters. The lowest BCUT2D eigenvalue weighted by Gasteiger charge is -2.04. The third kappa shape index (κ3) is 3.32. The number of furan rings is 1. The molecule has 1 aliphatic heterocycles. The quantitative estimate of drug-likeness (QED) is 0.759. The zero-order chi connectivity index (χ0) is 17.2. The summed E-state index contributed by atoms with van der Waals surface area (Å²) in [6.45, 7) is 0.473. The lowest BCUT2D eigenvalue weighted by Crippen LogP contribution is -2.22. The summed E-state index contributed by atoms with van der Waals surface area (Å²) in [6, 6.07) is 16.2. The molecule has 6 heteroatoms. The lowest BCUT2D eigenvalue weighted by atomic mass is 10.2. The summed E-state index contributed by atoms with van der Waals surface area (Å²) in [7, 11) is 0. The van der Waals surface area contributed by atoms with Crippen molar-refractivity contribution in [1.82, 2.24) is 5.32 Å². The summed E-state index contributed by atoms with van der Waals surface area (Å²) in [6.07, 6.45) is 0. The second kappa shape index (κ2) is 6.53. The van der Waals surface area contributed by atoms with Crippen LogP contribution in [0.4, 0.5) is 0 Å².